The summed E-state index contributed by atoms with van der Waals surface area (Å²) >= 11 is 0. The molecule has 0 unspecified atom stereocenters. The topological polar surface area (TPSA) is 65.7 Å². The number of hydrogen-bond acceptors (Lipinski definition) is 4. The van der Waals surface area contributed by atoms with E-state index in [1.54, 1.807) is 6.07 Å². The van der Waals surface area contributed by atoms with E-state index >= 15 is 0 Å². The number of anilines is 3. The van der Waals surface area contributed by atoms with Crippen LogP contribution in [0.5, 0.6) is 0 Å². The highest BCUT2D eigenvalue weighted by molar-refractivity contribution is 5.98. The average Bonchev–Trinajstić information content (AvgIpc) is 2.92. The molecule has 2 amide bonds. The van der Waals surface area contributed by atoms with E-state index in [0.29, 0.717) is 5.69 Å². The van der Waals surface area contributed by atoms with Crippen molar-refractivity contribution in [2.45, 2.75) is 19.5 Å². The Morgan fingerprint density at radius 2 is 1.64 bits per heavy atom. The van der Waals surface area contributed by atoms with E-state index in [-0.39, 0.29) is 5.69 Å². The highest BCUT2D eigenvalue weighted by atomic mass is 19.4. The molecular formula is C30H30F3N5O. The molecule has 2 heterocycles. The normalized spacial score (nSPS) is 14.5. The largest absolute Gasteiger partial charge is 0.416 e. The number of nitrogens with two attached hydrogens (primary N) is 1. The molecule has 202 valence electrons. The lowest BCUT2D eigenvalue weighted by molar-refractivity contribution is -0.137. The number of nitrogens with zero attached hydrogens (tertiary/aromatic N) is 4. The van der Waals surface area contributed by atoms with Crippen LogP contribution in [0.2, 0.25) is 0 Å². The van der Waals surface area contributed by atoms with Gasteiger partial charge in [-0.25, -0.2) is 4.79 Å². The molecule has 5 rings (SSSR count). The molecule has 0 aliphatic carbocycles. The second kappa shape index (κ2) is 10.9. The van der Waals surface area contributed by atoms with Crippen LogP contribution in [0.4, 0.5) is 35.0 Å². The number of pyridine rings is 1. The molecule has 4 aromatic rings. The SMILES string of the molecule is Cc1ccc2c(N3CCN(CCc4cccc(N(C(N)=O)c5ccc(C(F)(F)F)cc5)c4)CC3)cccc2n1. The molecular weight excluding hydrogens is 503 g/mol. The van der Waals surface area contributed by atoms with Gasteiger partial charge in [-0.3, -0.25) is 14.8 Å². The first kappa shape index (κ1) is 26.5. The number of aromatic nitrogens is 1. The lowest BCUT2D eigenvalue weighted by Gasteiger charge is -2.36. The summed E-state index contributed by atoms with van der Waals surface area (Å²) in [5.41, 5.74) is 9.88. The van der Waals surface area contributed by atoms with Crippen LogP contribution in [-0.2, 0) is 12.6 Å². The van der Waals surface area contributed by atoms with Gasteiger partial charge < -0.3 is 10.6 Å². The first-order valence-electron chi connectivity index (χ1n) is 12.9. The summed E-state index contributed by atoms with van der Waals surface area (Å²) in [5, 5.41) is 1.17. The molecule has 9 heteroatoms. The zero-order valence-corrected chi connectivity index (χ0v) is 21.7. The number of aryl methyl sites for hydroxylation is 1. The standard InChI is InChI=1S/C30H30F3N5O/c1-21-8-13-26-27(35-21)6-3-7-28(26)37-18-16-36(17-19-37)15-14-22-4-2-5-25(20-22)38(29(34)39)24-11-9-23(10-12-24)30(31,32)33/h2-13,20H,14-19H2,1H3,(H2,34,39). The fourth-order valence-electron chi connectivity index (χ4n) is 5.07. The third-order valence-electron chi connectivity index (χ3n) is 7.12. The Labute approximate surface area is 225 Å². The van der Waals surface area contributed by atoms with Gasteiger partial charge in [-0.05, 0) is 79.6 Å². The van der Waals surface area contributed by atoms with Crippen LogP contribution in [0.3, 0.4) is 0 Å². The maximum Gasteiger partial charge on any atom is 0.416 e. The van der Waals surface area contributed by atoms with E-state index in [0.717, 1.165) is 68.1 Å². The number of fused-ring (bicyclic) bond motifs is 1. The fraction of sp³-hybridized carbons (Fsp3) is 0.267. The van der Waals surface area contributed by atoms with E-state index in [1.807, 2.05) is 37.3 Å². The Morgan fingerprint density at radius 3 is 2.33 bits per heavy atom. The van der Waals surface area contributed by atoms with Gasteiger partial charge >= 0.3 is 12.2 Å². The number of carbonyl (C=O) groups is 1. The number of urea groups is 1. The molecule has 1 aromatic heterocycles. The minimum Gasteiger partial charge on any atom is -0.368 e. The maximum atomic E-state index is 13.0. The molecule has 0 radical (unpaired) electrons. The van der Waals surface area contributed by atoms with Crippen molar-refractivity contribution in [2.24, 2.45) is 5.73 Å². The summed E-state index contributed by atoms with van der Waals surface area (Å²) in [4.78, 5) is 23.0. The molecule has 0 saturated carbocycles. The highest BCUT2D eigenvalue weighted by Crippen LogP contribution is 2.33. The molecule has 1 fully saturated rings. The van der Waals surface area contributed by atoms with E-state index < -0.39 is 17.8 Å². The molecule has 0 bridgehead atoms. The van der Waals surface area contributed by atoms with E-state index in [2.05, 4.69) is 33.0 Å². The van der Waals surface area contributed by atoms with E-state index in [9.17, 15) is 18.0 Å². The minimum atomic E-state index is -4.45. The van der Waals surface area contributed by atoms with Crippen LogP contribution in [-0.4, -0.2) is 48.6 Å². The maximum absolute atomic E-state index is 13.0. The van der Waals surface area contributed by atoms with Crippen molar-refractivity contribution in [3.8, 4) is 0 Å². The zero-order valence-electron chi connectivity index (χ0n) is 21.7. The summed E-state index contributed by atoms with van der Waals surface area (Å²) < 4.78 is 38.9. The molecule has 6 nitrogen and oxygen atoms in total. The summed E-state index contributed by atoms with van der Waals surface area (Å²) in [6.45, 7) is 6.53. The molecule has 1 aliphatic heterocycles. The lowest BCUT2D eigenvalue weighted by Crippen LogP contribution is -2.47. The molecule has 2 N–H and O–H groups in total. The number of halogens is 3. The molecule has 39 heavy (non-hydrogen) atoms. The molecule has 1 saturated heterocycles. The number of primary amides is 1. The summed E-state index contributed by atoms with van der Waals surface area (Å²) in [5.74, 6) is 0. The third-order valence-corrected chi connectivity index (χ3v) is 7.12. The smallest absolute Gasteiger partial charge is 0.368 e. The van der Waals surface area contributed by atoms with Crippen LogP contribution in [0.15, 0.2) is 78.9 Å². The fourth-order valence-corrected chi connectivity index (χ4v) is 5.07. The van der Waals surface area contributed by atoms with Gasteiger partial charge in [-0.1, -0.05) is 18.2 Å². The van der Waals surface area contributed by atoms with Crippen LogP contribution in [0.1, 0.15) is 16.8 Å². The highest BCUT2D eigenvalue weighted by Gasteiger charge is 2.30. The Bertz CT molecular complexity index is 1460. The van der Waals surface area contributed by atoms with Crippen molar-refractivity contribution in [3.05, 3.63) is 95.7 Å². The van der Waals surface area contributed by atoms with Crippen molar-refractivity contribution in [1.29, 1.82) is 0 Å². The summed E-state index contributed by atoms with van der Waals surface area (Å²) in [6, 6.07) is 21.5. The Balaban J connectivity index is 1.22. The molecule has 0 atom stereocenters. The van der Waals surface area contributed by atoms with E-state index in [4.69, 9.17) is 5.73 Å². The Hall–Kier alpha value is -4.11. The predicted molar refractivity (Wildman–Crippen MR) is 148 cm³/mol. The predicted octanol–water partition coefficient (Wildman–Crippen LogP) is 6.14. The molecule has 1 aliphatic rings. The summed E-state index contributed by atoms with van der Waals surface area (Å²) in [6.07, 6.45) is -3.68. The Kier molecular flexibility index (Phi) is 7.43. The first-order chi connectivity index (χ1) is 18.7. The Morgan fingerprint density at radius 1 is 0.923 bits per heavy atom. The second-order valence-corrected chi connectivity index (χ2v) is 9.76. The molecule has 0 spiro atoms. The minimum absolute atomic E-state index is 0.280. The van der Waals surface area contributed by atoms with Crippen LogP contribution in [0.25, 0.3) is 10.9 Å². The zero-order chi connectivity index (χ0) is 27.6. The van der Waals surface area contributed by atoms with Crippen molar-refractivity contribution >= 4 is 34.0 Å². The van der Waals surface area contributed by atoms with Gasteiger partial charge in [0.15, 0.2) is 0 Å². The van der Waals surface area contributed by atoms with Crippen LogP contribution >= 0.6 is 0 Å². The van der Waals surface area contributed by atoms with Crippen molar-refractivity contribution in [3.63, 3.8) is 0 Å². The second-order valence-electron chi connectivity index (χ2n) is 9.76. The monoisotopic (exact) mass is 533 g/mol. The van der Waals surface area contributed by atoms with Crippen LogP contribution in [0, 0.1) is 6.92 Å². The van der Waals surface area contributed by atoms with Crippen molar-refractivity contribution in [1.82, 2.24) is 9.88 Å². The van der Waals surface area contributed by atoms with Gasteiger partial charge in [0, 0.05) is 49.5 Å². The van der Waals surface area contributed by atoms with Crippen LogP contribution < -0.4 is 15.5 Å². The number of benzene rings is 3. The number of hydrogen-bond donors (Lipinski definition) is 1. The van der Waals surface area contributed by atoms with Gasteiger partial charge in [0.1, 0.15) is 0 Å². The average molecular weight is 534 g/mol. The number of amides is 2. The third kappa shape index (κ3) is 5.98. The number of alkyl halides is 3. The van der Waals surface area contributed by atoms with Gasteiger partial charge in [-0.15, -0.1) is 0 Å². The number of carbonyl (C=O) groups excluding carboxylic acids is 1. The van der Waals surface area contributed by atoms with Crippen molar-refractivity contribution in [2.75, 3.05) is 42.5 Å². The van der Waals surface area contributed by atoms with Gasteiger partial charge in [0.05, 0.1) is 22.5 Å². The number of piperazine rings is 1. The van der Waals surface area contributed by atoms with Gasteiger partial charge in [0.25, 0.3) is 0 Å². The molecule has 3 aromatic carbocycles. The number of rotatable bonds is 6. The van der Waals surface area contributed by atoms with Crippen molar-refractivity contribution < 1.29 is 18.0 Å². The van der Waals surface area contributed by atoms with E-state index in [1.165, 1.54) is 28.1 Å². The van der Waals surface area contributed by atoms with Gasteiger partial charge in [-0.2, -0.15) is 13.2 Å². The summed E-state index contributed by atoms with van der Waals surface area (Å²) in [7, 11) is 0. The van der Waals surface area contributed by atoms with Gasteiger partial charge in [0.2, 0.25) is 0 Å². The quantitative estimate of drug-likeness (QED) is 0.323. The first-order valence-corrected chi connectivity index (χ1v) is 12.9. The lowest BCUT2D eigenvalue weighted by atomic mass is 10.1.